The Kier molecular flexibility index (Phi) is 5.99. The maximum Gasteiger partial charge on any atom is 0.337 e. The van der Waals surface area contributed by atoms with Gasteiger partial charge < -0.3 is 20.1 Å². The zero-order valence-corrected chi connectivity index (χ0v) is 17.5. The molecule has 2 aromatic carbocycles. The number of aliphatic imine (C=N–C) groups is 1. The van der Waals surface area contributed by atoms with Gasteiger partial charge in [-0.05, 0) is 47.2 Å². The minimum Gasteiger partial charge on any atom is -0.506 e. The van der Waals surface area contributed by atoms with Crippen LogP contribution in [-0.2, 0) is 24.2 Å². The first kappa shape index (κ1) is 20.0. The lowest BCUT2D eigenvalue weighted by Gasteiger charge is -2.32. The second-order valence-corrected chi connectivity index (χ2v) is 8.04. The van der Waals surface area contributed by atoms with Crippen LogP contribution < -0.4 is 5.32 Å². The number of nitrogens with one attached hydrogen (secondary N) is 1. The highest BCUT2D eigenvalue weighted by Gasteiger charge is 2.20. The molecule has 7 heteroatoms. The summed E-state index contributed by atoms with van der Waals surface area (Å²) in [5, 5.41) is 15.6. The number of hydrogen-bond donors (Lipinski definition) is 2. The Labute approximate surface area is 179 Å². The van der Waals surface area contributed by atoms with Gasteiger partial charge in [0.25, 0.3) is 0 Å². The summed E-state index contributed by atoms with van der Waals surface area (Å²) in [5.74, 6) is 0.251. The average Bonchev–Trinajstić information content (AvgIpc) is 3.30. The number of rotatable bonds is 4. The SMILES string of the molecule is COC(=O)c1ccc(O)c(NC(=NCc2cccs2)N2CCc3ccccc3C2)c1. The summed E-state index contributed by atoms with van der Waals surface area (Å²) in [7, 11) is 1.33. The molecular formula is C23H23N3O3S. The first-order valence-corrected chi connectivity index (χ1v) is 10.6. The van der Waals surface area contributed by atoms with Gasteiger partial charge >= 0.3 is 5.97 Å². The molecular weight excluding hydrogens is 398 g/mol. The number of aromatic hydroxyl groups is 1. The monoisotopic (exact) mass is 421 g/mol. The second kappa shape index (κ2) is 9.00. The molecule has 0 saturated carbocycles. The van der Waals surface area contributed by atoms with Gasteiger partial charge in [-0.1, -0.05) is 30.3 Å². The van der Waals surface area contributed by atoms with E-state index in [2.05, 4.69) is 28.4 Å². The molecule has 0 radical (unpaired) electrons. The third-order valence-corrected chi connectivity index (χ3v) is 5.92. The van der Waals surface area contributed by atoms with Crippen molar-refractivity contribution in [2.24, 2.45) is 4.99 Å². The van der Waals surface area contributed by atoms with Gasteiger partial charge in [-0.2, -0.15) is 0 Å². The summed E-state index contributed by atoms with van der Waals surface area (Å²) in [5.41, 5.74) is 3.39. The van der Waals surface area contributed by atoms with Crippen molar-refractivity contribution < 1.29 is 14.6 Å². The highest BCUT2D eigenvalue weighted by atomic mass is 32.1. The largest absolute Gasteiger partial charge is 0.506 e. The van der Waals surface area contributed by atoms with Crippen LogP contribution in [0.5, 0.6) is 5.75 Å². The number of phenolic OH excluding ortho intramolecular Hbond substituents is 1. The number of esters is 1. The summed E-state index contributed by atoms with van der Waals surface area (Å²) in [6.07, 6.45) is 0.921. The van der Waals surface area contributed by atoms with E-state index in [1.54, 1.807) is 17.4 Å². The van der Waals surface area contributed by atoms with Crippen molar-refractivity contribution in [3.63, 3.8) is 0 Å². The summed E-state index contributed by atoms with van der Waals surface area (Å²) in [4.78, 5) is 20.0. The predicted octanol–water partition coefficient (Wildman–Crippen LogP) is 4.27. The van der Waals surface area contributed by atoms with Crippen LogP contribution in [0, 0.1) is 0 Å². The zero-order chi connectivity index (χ0) is 20.9. The van der Waals surface area contributed by atoms with E-state index >= 15 is 0 Å². The number of fused-ring (bicyclic) bond motifs is 1. The number of methoxy groups -OCH3 is 1. The van der Waals surface area contributed by atoms with E-state index in [1.165, 1.54) is 30.4 Å². The molecule has 1 aliphatic heterocycles. The fraction of sp³-hybridized carbons (Fsp3) is 0.217. The number of thiophene rings is 1. The second-order valence-electron chi connectivity index (χ2n) is 7.01. The van der Waals surface area contributed by atoms with Crippen molar-refractivity contribution in [3.05, 3.63) is 81.5 Å². The summed E-state index contributed by atoms with van der Waals surface area (Å²) < 4.78 is 4.80. The maximum atomic E-state index is 11.9. The van der Waals surface area contributed by atoms with E-state index in [1.807, 2.05) is 23.6 Å². The van der Waals surface area contributed by atoms with Gasteiger partial charge in [0.1, 0.15) is 5.75 Å². The third-order valence-electron chi connectivity index (χ3n) is 5.06. The van der Waals surface area contributed by atoms with E-state index in [4.69, 9.17) is 9.73 Å². The van der Waals surface area contributed by atoms with Crippen molar-refractivity contribution >= 4 is 29.0 Å². The molecule has 1 aromatic heterocycles. The average molecular weight is 422 g/mol. The molecule has 1 aliphatic rings. The normalized spacial score (nSPS) is 13.6. The van der Waals surface area contributed by atoms with Crippen LogP contribution in [0.15, 0.2) is 65.0 Å². The molecule has 0 fully saturated rings. The van der Waals surface area contributed by atoms with Gasteiger partial charge in [-0.25, -0.2) is 9.79 Å². The minimum atomic E-state index is -0.456. The Hall–Kier alpha value is -3.32. The highest BCUT2D eigenvalue weighted by molar-refractivity contribution is 7.09. The molecule has 0 bridgehead atoms. The molecule has 4 rings (SSSR count). The predicted molar refractivity (Wildman–Crippen MR) is 119 cm³/mol. The lowest BCUT2D eigenvalue weighted by atomic mass is 10.0. The summed E-state index contributed by atoms with van der Waals surface area (Å²) in [6.45, 7) is 2.07. The van der Waals surface area contributed by atoms with Crippen molar-refractivity contribution in [3.8, 4) is 5.75 Å². The van der Waals surface area contributed by atoms with Gasteiger partial charge in [0.15, 0.2) is 5.96 Å². The van der Waals surface area contributed by atoms with Gasteiger partial charge in [0.2, 0.25) is 0 Å². The lowest BCUT2D eigenvalue weighted by molar-refractivity contribution is 0.0601. The third kappa shape index (κ3) is 4.46. The molecule has 2 N–H and O–H groups in total. The minimum absolute atomic E-state index is 0.0453. The number of anilines is 1. The Morgan fingerprint density at radius 1 is 1.20 bits per heavy atom. The van der Waals surface area contributed by atoms with Gasteiger partial charge in [-0.3, -0.25) is 0 Å². The molecule has 30 heavy (non-hydrogen) atoms. The lowest BCUT2D eigenvalue weighted by Crippen LogP contribution is -2.40. The standard InChI is InChI=1S/C23H23N3O3S/c1-29-22(28)17-8-9-21(27)20(13-17)25-23(24-14-19-7-4-12-30-19)26-11-10-16-5-2-3-6-18(16)15-26/h2-9,12-13,27H,10-11,14-15H2,1H3,(H,24,25). The molecule has 6 nitrogen and oxygen atoms in total. The Bertz CT molecular complexity index is 1060. The van der Waals surface area contributed by atoms with Crippen molar-refractivity contribution in [1.29, 1.82) is 0 Å². The summed E-state index contributed by atoms with van der Waals surface area (Å²) in [6, 6.07) is 17.1. The molecule has 0 unspecified atom stereocenters. The molecule has 0 atom stereocenters. The number of carbonyl (C=O) groups excluding carboxylic acids is 1. The van der Waals surface area contributed by atoms with Crippen LogP contribution in [0.2, 0.25) is 0 Å². The van der Waals surface area contributed by atoms with Crippen LogP contribution >= 0.6 is 11.3 Å². The van der Waals surface area contributed by atoms with Crippen molar-refractivity contribution in [2.45, 2.75) is 19.5 Å². The number of phenols is 1. The number of nitrogens with zero attached hydrogens (tertiary/aromatic N) is 2. The number of benzene rings is 2. The number of guanidine groups is 1. The quantitative estimate of drug-likeness (QED) is 0.285. The van der Waals surface area contributed by atoms with E-state index in [9.17, 15) is 9.90 Å². The van der Waals surface area contributed by atoms with Crippen molar-refractivity contribution in [1.82, 2.24) is 4.90 Å². The molecule has 3 aromatic rings. The van der Waals surface area contributed by atoms with Crippen LogP contribution in [-0.4, -0.2) is 35.6 Å². The number of ether oxygens (including phenoxy) is 1. The molecule has 0 aliphatic carbocycles. The first-order chi connectivity index (χ1) is 14.6. The molecule has 2 heterocycles. The fourth-order valence-corrected chi connectivity index (χ4v) is 4.08. The van der Waals surface area contributed by atoms with E-state index in [0.29, 0.717) is 23.8 Å². The molecule has 0 spiro atoms. The zero-order valence-electron chi connectivity index (χ0n) is 16.7. The van der Waals surface area contributed by atoms with Crippen LogP contribution in [0.3, 0.4) is 0 Å². The van der Waals surface area contributed by atoms with E-state index in [-0.39, 0.29) is 5.75 Å². The molecule has 0 saturated heterocycles. The molecule has 0 amide bonds. The van der Waals surface area contributed by atoms with Gasteiger partial charge in [-0.15, -0.1) is 11.3 Å². The fourth-order valence-electron chi connectivity index (χ4n) is 3.45. The Morgan fingerprint density at radius 3 is 2.80 bits per heavy atom. The van der Waals surface area contributed by atoms with Crippen LogP contribution in [0.25, 0.3) is 0 Å². The Morgan fingerprint density at radius 2 is 2.03 bits per heavy atom. The first-order valence-electron chi connectivity index (χ1n) is 9.71. The van der Waals surface area contributed by atoms with Gasteiger partial charge in [0.05, 0.1) is 24.9 Å². The van der Waals surface area contributed by atoms with E-state index in [0.717, 1.165) is 24.4 Å². The van der Waals surface area contributed by atoms with Crippen LogP contribution in [0.1, 0.15) is 26.4 Å². The maximum absolute atomic E-state index is 11.9. The van der Waals surface area contributed by atoms with E-state index < -0.39 is 5.97 Å². The summed E-state index contributed by atoms with van der Waals surface area (Å²) >= 11 is 1.65. The smallest absolute Gasteiger partial charge is 0.337 e. The number of hydrogen-bond acceptors (Lipinski definition) is 5. The molecule has 154 valence electrons. The number of carbonyl (C=O) groups is 1. The van der Waals surface area contributed by atoms with Crippen molar-refractivity contribution in [2.75, 3.05) is 19.0 Å². The van der Waals surface area contributed by atoms with Gasteiger partial charge in [0, 0.05) is 18.0 Å². The highest BCUT2D eigenvalue weighted by Crippen LogP contribution is 2.26. The topological polar surface area (TPSA) is 74.2 Å². The Balaban J connectivity index is 1.63. The van der Waals surface area contributed by atoms with Crippen LogP contribution in [0.4, 0.5) is 5.69 Å².